The third-order valence-electron chi connectivity index (χ3n) is 3.51. The highest BCUT2D eigenvalue weighted by atomic mass is 32.2. The minimum Gasteiger partial charge on any atom is -0.327 e. The first kappa shape index (κ1) is 13.1. The monoisotopic (exact) mass is 288 g/mol. The normalized spacial score (nSPS) is 12.3. The zero-order valence-corrected chi connectivity index (χ0v) is 12.3. The first-order valence-electron chi connectivity index (χ1n) is 6.48. The zero-order valence-electron chi connectivity index (χ0n) is 11.5. The van der Waals surface area contributed by atoms with Gasteiger partial charge in [-0.1, -0.05) is 30.3 Å². The van der Waals surface area contributed by atoms with Gasteiger partial charge in [-0.25, -0.2) is 13.4 Å². The van der Waals surface area contributed by atoms with Crippen molar-refractivity contribution in [3.63, 3.8) is 0 Å². The van der Waals surface area contributed by atoms with E-state index in [9.17, 15) is 8.42 Å². The summed E-state index contributed by atoms with van der Waals surface area (Å²) >= 11 is 0. The van der Waals surface area contributed by atoms with Crippen LogP contribution in [0.2, 0.25) is 0 Å². The molecule has 0 bridgehead atoms. The molecule has 104 valence electrons. The Morgan fingerprint density at radius 3 is 2.65 bits per heavy atom. The van der Waals surface area contributed by atoms with E-state index >= 15 is 0 Å². The average Bonchev–Trinajstić information content (AvgIpc) is 2.71. The number of fused-ring (bicyclic) bond motifs is 3. The molecular formula is C15H16N2O2S. The smallest absolute Gasteiger partial charge is 0.149 e. The van der Waals surface area contributed by atoms with Crippen molar-refractivity contribution in [2.24, 2.45) is 0 Å². The summed E-state index contributed by atoms with van der Waals surface area (Å²) in [5, 5.41) is 2.25. The van der Waals surface area contributed by atoms with E-state index in [4.69, 9.17) is 0 Å². The number of benzene rings is 2. The van der Waals surface area contributed by atoms with Gasteiger partial charge in [-0.15, -0.1) is 0 Å². The summed E-state index contributed by atoms with van der Waals surface area (Å²) in [4.78, 5) is 4.53. The maximum atomic E-state index is 11.4. The fraction of sp³-hybridized carbons (Fsp3) is 0.267. The molecule has 0 saturated heterocycles. The first-order valence-corrected chi connectivity index (χ1v) is 8.54. The maximum absolute atomic E-state index is 11.4. The zero-order chi connectivity index (χ0) is 14.3. The van der Waals surface area contributed by atoms with Gasteiger partial charge in [-0.05, 0) is 18.4 Å². The summed E-state index contributed by atoms with van der Waals surface area (Å²) in [7, 11) is -2.99. The molecule has 0 radical (unpaired) electrons. The third-order valence-corrected chi connectivity index (χ3v) is 4.43. The average molecular weight is 288 g/mol. The van der Waals surface area contributed by atoms with Gasteiger partial charge in [0.2, 0.25) is 0 Å². The molecule has 0 spiro atoms. The second-order valence-corrected chi connectivity index (χ2v) is 7.35. The van der Waals surface area contributed by atoms with Gasteiger partial charge in [0.1, 0.15) is 15.7 Å². The van der Waals surface area contributed by atoms with Crippen molar-refractivity contribution in [2.45, 2.75) is 13.5 Å². The summed E-state index contributed by atoms with van der Waals surface area (Å²) in [6.45, 7) is 2.35. The molecule has 0 saturated carbocycles. The number of hydrogen-bond acceptors (Lipinski definition) is 3. The topological polar surface area (TPSA) is 52.0 Å². The van der Waals surface area contributed by atoms with Gasteiger partial charge in [0, 0.05) is 18.2 Å². The lowest BCUT2D eigenvalue weighted by atomic mass is 10.1. The van der Waals surface area contributed by atoms with Crippen LogP contribution in [0.4, 0.5) is 0 Å². The highest BCUT2D eigenvalue weighted by molar-refractivity contribution is 7.90. The van der Waals surface area contributed by atoms with Gasteiger partial charge in [0.15, 0.2) is 0 Å². The van der Waals surface area contributed by atoms with Gasteiger partial charge in [-0.2, -0.15) is 0 Å². The first-order chi connectivity index (χ1) is 9.46. The van der Waals surface area contributed by atoms with Crippen molar-refractivity contribution in [1.82, 2.24) is 9.55 Å². The van der Waals surface area contributed by atoms with Crippen LogP contribution in [0.25, 0.3) is 21.8 Å². The van der Waals surface area contributed by atoms with Crippen molar-refractivity contribution in [3.8, 4) is 0 Å². The Labute approximate surface area is 118 Å². The van der Waals surface area contributed by atoms with Crippen molar-refractivity contribution in [3.05, 3.63) is 42.2 Å². The molecule has 0 amide bonds. The van der Waals surface area contributed by atoms with Gasteiger partial charge in [-0.3, -0.25) is 0 Å². The lowest BCUT2D eigenvalue weighted by Gasteiger charge is -2.08. The molecule has 0 aliphatic heterocycles. The fourth-order valence-electron chi connectivity index (χ4n) is 2.54. The number of aromatic nitrogens is 2. The van der Waals surface area contributed by atoms with Crippen LogP contribution in [0.1, 0.15) is 5.82 Å². The molecule has 5 heteroatoms. The molecule has 0 unspecified atom stereocenters. The van der Waals surface area contributed by atoms with Crippen LogP contribution in [0.5, 0.6) is 0 Å². The Morgan fingerprint density at radius 2 is 1.90 bits per heavy atom. The summed E-state index contributed by atoms with van der Waals surface area (Å²) in [5.41, 5.74) is 1.93. The molecule has 0 fully saturated rings. The van der Waals surface area contributed by atoms with E-state index in [1.807, 2.05) is 35.8 Å². The summed E-state index contributed by atoms with van der Waals surface area (Å²) in [5.74, 6) is 0.975. The molecular weight excluding hydrogens is 272 g/mol. The van der Waals surface area contributed by atoms with Gasteiger partial charge in [0.05, 0.1) is 16.8 Å². The van der Waals surface area contributed by atoms with Crippen LogP contribution in [0, 0.1) is 6.92 Å². The van der Waals surface area contributed by atoms with E-state index in [0.717, 1.165) is 27.6 Å². The van der Waals surface area contributed by atoms with Crippen molar-refractivity contribution in [2.75, 3.05) is 12.0 Å². The van der Waals surface area contributed by atoms with E-state index in [2.05, 4.69) is 17.1 Å². The molecule has 1 aromatic heterocycles. The third kappa shape index (κ3) is 2.29. The minimum atomic E-state index is -2.99. The molecule has 0 aliphatic carbocycles. The van der Waals surface area contributed by atoms with E-state index in [0.29, 0.717) is 6.54 Å². The van der Waals surface area contributed by atoms with Crippen LogP contribution in [0.3, 0.4) is 0 Å². The number of sulfone groups is 1. The molecule has 3 rings (SSSR count). The van der Waals surface area contributed by atoms with Crippen LogP contribution in [-0.4, -0.2) is 30.0 Å². The summed E-state index contributed by atoms with van der Waals surface area (Å²) < 4.78 is 24.8. The van der Waals surface area contributed by atoms with E-state index < -0.39 is 9.84 Å². The minimum absolute atomic E-state index is 0.128. The molecule has 0 N–H and O–H groups in total. The molecule has 1 heterocycles. The number of nitrogens with zero attached hydrogens (tertiary/aromatic N) is 2. The standard InChI is InChI=1S/C15H16N2O2S/c1-11-16-14-8-7-12-5-3-4-6-13(12)15(14)17(11)9-10-20(2,18)19/h3-8H,9-10H2,1-2H3. The van der Waals surface area contributed by atoms with Crippen molar-refractivity contribution < 1.29 is 8.42 Å². The summed E-state index contributed by atoms with van der Waals surface area (Å²) in [6.07, 6.45) is 1.26. The van der Waals surface area contributed by atoms with Gasteiger partial charge >= 0.3 is 0 Å². The molecule has 3 aromatic rings. The second kappa shape index (κ2) is 4.59. The van der Waals surface area contributed by atoms with E-state index in [1.54, 1.807) is 0 Å². The lowest BCUT2D eigenvalue weighted by molar-refractivity contribution is 0.595. The highest BCUT2D eigenvalue weighted by Crippen LogP contribution is 2.26. The number of rotatable bonds is 3. The molecule has 20 heavy (non-hydrogen) atoms. The molecule has 4 nitrogen and oxygen atoms in total. The van der Waals surface area contributed by atoms with Crippen molar-refractivity contribution >= 4 is 31.6 Å². The Balaban J connectivity index is 2.24. The number of hydrogen-bond donors (Lipinski definition) is 0. The number of aryl methyl sites for hydroxylation is 2. The Bertz CT molecular complexity index is 895. The SMILES string of the molecule is Cc1nc2ccc3ccccc3c2n1CCS(C)(=O)=O. The Kier molecular flexibility index (Phi) is 3.01. The quantitative estimate of drug-likeness (QED) is 0.744. The largest absolute Gasteiger partial charge is 0.327 e. The number of imidazole rings is 1. The Hall–Kier alpha value is -1.88. The predicted octanol–water partition coefficient (Wildman–Crippen LogP) is 2.54. The fourth-order valence-corrected chi connectivity index (χ4v) is 3.06. The summed E-state index contributed by atoms with van der Waals surface area (Å²) in [6, 6.07) is 12.1. The van der Waals surface area contributed by atoms with E-state index in [-0.39, 0.29) is 5.75 Å². The van der Waals surface area contributed by atoms with Crippen LogP contribution >= 0.6 is 0 Å². The molecule has 0 aliphatic rings. The van der Waals surface area contributed by atoms with Crippen LogP contribution < -0.4 is 0 Å². The van der Waals surface area contributed by atoms with Gasteiger partial charge < -0.3 is 4.57 Å². The van der Waals surface area contributed by atoms with Crippen molar-refractivity contribution in [1.29, 1.82) is 0 Å². The Morgan fingerprint density at radius 1 is 1.15 bits per heavy atom. The van der Waals surface area contributed by atoms with Crippen LogP contribution in [-0.2, 0) is 16.4 Å². The maximum Gasteiger partial charge on any atom is 0.149 e. The molecule has 0 atom stereocenters. The lowest BCUT2D eigenvalue weighted by Crippen LogP contribution is -2.12. The second-order valence-electron chi connectivity index (χ2n) is 5.09. The predicted molar refractivity (Wildman–Crippen MR) is 81.7 cm³/mol. The van der Waals surface area contributed by atoms with E-state index in [1.165, 1.54) is 6.26 Å². The molecule has 2 aromatic carbocycles. The van der Waals surface area contributed by atoms with Crippen LogP contribution in [0.15, 0.2) is 36.4 Å². The van der Waals surface area contributed by atoms with Gasteiger partial charge in [0.25, 0.3) is 0 Å². The highest BCUT2D eigenvalue weighted by Gasteiger charge is 2.12.